The van der Waals surface area contributed by atoms with Gasteiger partial charge in [0.25, 0.3) is 0 Å². The fourth-order valence-corrected chi connectivity index (χ4v) is 3.05. The average Bonchev–Trinajstić information content (AvgIpc) is 2.85. The lowest BCUT2D eigenvalue weighted by Gasteiger charge is -2.15. The minimum atomic E-state index is 0.356. The van der Waals surface area contributed by atoms with Crippen molar-refractivity contribution in [1.82, 2.24) is 4.98 Å². The van der Waals surface area contributed by atoms with E-state index in [0.29, 0.717) is 36.5 Å². The van der Waals surface area contributed by atoms with Crippen LogP contribution in [0.1, 0.15) is 16.7 Å². The van der Waals surface area contributed by atoms with Crippen molar-refractivity contribution in [3.63, 3.8) is 0 Å². The van der Waals surface area contributed by atoms with Crippen LogP contribution in [0.2, 0.25) is 0 Å². The molecule has 1 heterocycles. The van der Waals surface area contributed by atoms with Crippen LogP contribution >= 0.6 is 0 Å². The van der Waals surface area contributed by atoms with Gasteiger partial charge in [-0.15, -0.1) is 0 Å². The highest BCUT2D eigenvalue weighted by atomic mass is 16.5. The summed E-state index contributed by atoms with van der Waals surface area (Å²) in [5.74, 6) is 2.90. The molecule has 0 atom stereocenters. The first kappa shape index (κ1) is 22.7. The van der Waals surface area contributed by atoms with Crippen molar-refractivity contribution in [2.45, 2.75) is 6.61 Å². The lowest BCUT2D eigenvalue weighted by molar-refractivity contribution is 0.283. The molecule has 6 nitrogen and oxygen atoms in total. The number of hydrogen-bond donors (Lipinski definition) is 0. The molecule has 0 aliphatic carbocycles. The standard InChI is InChI=1S/C26H27NO5/c1-6-12-31-22-9-7-8-19(13-22)17-32-24-14-20(10-11-23(24)28-3)18(2)21-15-25(29-4)27-26(16-21)30-5/h6-11,13-16H,1-2,12,17H2,3-5H3. The number of methoxy groups -OCH3 is 3. The lowest BCUT2D eigenvalue weighted by atomic mass is 10.00. The molecule has 3 rings (SSSR count). The van der Waals surface area contributed by atoms with E-state index in [4.69, 9.17) is 23.7 Å². The predicted octanol–water partition coefficient (Wildman–Crippen LogP) is 5.31. The molecule has 0 radical (unpaired) electrons. The van der Waals surface area contributed by atoms with E-state index in [1.165, 1.54) is 0 Å². The second-order valence-corrected chi connectivity index (χ2v) is 6.82. The molecule has 166 valence electrons. The quantitative estimate of drug-likeness (QED) is 0.382. The molecule has 6 heteroatoms. The molecule has 1 aromatic heterocycles. The smallest absolute Gasteiger partial charge is 0.216 e. The Morgan fingerprint density at radius 2 is 1.59 bits per heavy atom. The molecular formula is C26H27NO5. The van der Waals surface area contributed by atoms with Crippen LogP contribution in [-0.2, 0) is 6.61 Å². The molecule has 0 saturated carbocycles. The van der Waals surface area contributed by atoms with Crippen LogP contribution in [0.3, 0.4) is 0 Å². The highest BCUT2D eigenvalue weighted by Crippen LogP contribution is 2.34. The molecular weight excluding hydrogens is 406 g/mol. The number of aromatic nitrogens is 1. The maximum absolute atomic E-state index is 6.09. The van der Waals surface area contributed by atoms with E-state index >= 15 is 0 Å². The molecule has 0 aliphatic rings. The van der Waals surface area contributed by atoms with Crippen LogP contribution in [0.25, 0.3) is 5.57 Å². The fraction of sp³-hybridized carbons (Fsp3) is 0.192. The Morgan fingerprint density at radius 3 is 2.25 bits per heavy atom. The van der Waals surface area contributed by atoms with Crippen molar-refractivity contribution in [1.29, 1.82) is 0 Å². The topological polar surface area (TPSA) is 59.0 Å². The van der Waals surface area contributed by atoms with E-state index in [1.54, 1.807) is 27.4 Å². The van der Waals surface area contributed by atoms with Gasteiger partial charge in [0, 0.05) is 12.1 Å². The van der Waals surface area contributed by atoms with Gasteiger partial charge in [-0.1, -0.05) is 37.4 Å². The van der Waals surface area contributed by atoms with Gasteiger partial charge in [0.2, 0.25) is 11.8 Å². The van der Waals surface area contributed by atoms with E-state index in [-0.39, 0.29) is 0 Å². The molecule has 0 unspecified atom stereocenters. The van der Waals surface area contributed by atoms with Gasteiger partial charge < -0.3 is 23.7 Å². The van der Waals surface area contributed by atoms with Gasteiger partial charge in [-0.3, -0.25) is 0 Å². The summed E-state index contributed by atoms with van der Waals surface area (Å²) in [6.45, 7) is 8.72. The van der Waals surface area contributed by atoms with Crippen molar-refractivity contribution in [3.8, 4) is 29.0 Å². The van der Waals surface area contributed by atoms with E-state index in [9.17, 15) is 0 Å². The Hall–Kier alpha value is -3.93. The number of nitrogens with zero attached hydrogens (tertiary/aromatic N) is 1. The highest BCUT2D eigenvalue weighted by Gasteiger charge is 2.12. The number of benzene rings is 2. The molecule has 0 saturated heterocycles. The van der Waals surface area contributed by atoms with E-state index in [1.807, 2.05) is 54.6 Å². The Morgan fingerprint density at radius 1 is 0.844 bits per heavy atom. The van der Waals surface area contributed by atoms with Crippen LogP contribution in [0, 0.1) is 0 Å². The first-order valence-corrected chi connectivity index (χ1v) is 10.0. The Balaban J connectivity index is 1.83. The van der Waals surface area contributed by atoms with E-state index < -0.39 is 0 Å². The monoisotopic (exact) mass is 433 g/mol. The summed E-state index contributed by atoms with van der Waals surface area (Å²) in [4.78, 5) is 4.23. The maximum Gasteiger partial charge on any atom is 0.216 e. The zero-order valence-corrected chi connectivity index (χ0v) is 18.6. The number of hydrogen-bond acceptors (Lipinski definition) is 6. The summed E-state index contributed by atoms with van der Waals surface area (Å²) in [7, 11) is 4.73. The molecule has 32 heavy (non-hydrogen) atoms. The molecule has 0 bridgehead atoms. The molecule has 3 aromatic rings. The van der Waals surface area contributed by atoms with E-state index in [2.05, 4.69) is 18.1 Å². The van der Waals surface area contributed by atoms with Gasteiger partial charge in [0.15, 0.2) is 11.5 Å². The first-order chi connectivity index (χ1) is 15.6. The van der Waals surface area contributed by atoms with Crippen molar-refractivity contribution >= 4 is 5.57 Å². The summed E-state index contributed by atoms with van der Waals surface area (Å²) < 4.78 is 27.7. The summed E-state index contributed by atoms with van der Waals surface area (Å²) >= 11 is 0. The zero-order valence-electron chi connectivity index (χ0n) is 18.6. The summed E-state index contributed by atoms with van der Waals surface area (Å²) in [6, 6.07) is 17.0. The fourth-order valence-electron chi connectivity index (χ4n) is 3.05. The minimum Gasteiger partial charge on any atom is -0.493 e. The third-order valence-corrected chi connectivity index (χ3v) is 4.72. The van der Waals surface area contributed by atoms with Gasteiger partial charge in [-0.2, -0.15) is 4.98 Å². The summed E-state index contributed by atoms with van der Waals surface area (Å²) in [6.07, 6.45) is 1.71. The molecule has 0 fully saturated rings. The van der Waals surface area contributed by atoms with Gasteiger partial charge in [-0.05, 0) is 46.5 Å². The number of pyridine rings is 1. The average molecular weight is 434 g/mol. The van der Waals surface area contributed by atoms with Crippen molar-refractivity contribution in [2.24, 2.45) is 0 Å². The van der Waals surface area contributed by atoms with Crippen LogP contribution < -0.4 is 23.7 Å². The summed E-state index contributed by atoms with van der Waals surface area (Å²) in [5, 5.41) is 0. The first-order valence-electron chi connectivity index (χ1n) is 10.0. The SMILES string of the molecule is C=CCOc1cccc(COc2cc(C(=C)c3cc(OC)nc(OC)c3)ccc2OC)c1. The highest BCUT2D eigenvalue weighted by molar-refractivity contribution is 5.80. The molecule has 0 N–H and O–H groups in total. The predicted molar refractivity (Wildman–Crippen MR) is 125 cm³/mol. The third kappa shape index (κ3) is 5.60. The molecule has 0 amide bonds. The Labute approximate surface area is 188 Å². The van der Waals surface area contributed by atoms with Gasteiger partial charge in [-0.25, -0.2) is 0 Å². The number of rotatable bonds is 11. The molecule has 0 spiro atoms. The number of ether oxygens (including phenoxy) is 5. The van der Waals surface area contributed by atoms with Crippen LogP contribution in [0.4, 0.5) is 0 Å². The van der Waals surface area contributed by atoms with Crippen molar-refractivity contribution in [2.75, 3.05) is 27.9 Å². The lowest BCUT2D eigenvalue weighted by Crippen LogP contribution is -2.00. The second kappa shape index (κ2) is 10.9. The Bertz CT molecular complexity index is 1070. The van der Waals surface area contributed by atoms with Crippen LogP contribution in [0.15, 0.2) is 73.8 Å². The van der Waals surface area contributed by atoms with Crippen LogP contribution in [-0.4, -0.2) is 32.9 Å². The van der Waals surface area contributed by atoms with Gasteiger partial charge in [0.05, 0.1) is 21.3 Å². The van der Waals surface area contributed by atoms with Crippen LogP contribution in [0.5, 0.6) is 29.0 Å². The van der Waals surface area contributed by atoms with Gasteiger partial charge >= 0.3 is 0 Å². The van der Waals surface area contributed by atoms with Gasteiger partial charge in [0.1, 0.15) is 19.0 Å². The molecule has 2 aromatic carbocycles. The Kier molecular flexibility index (Phi) is 7.75. The maximum atomic E-state index is 6.09. The molecule has 0 aliphatic heterocycles. The minimum absolute atomic E-state index is 0.356. The zero-order chi connectivity index (χ0) is 22.9. The largest absolute Gasteiger partial charge is 0.493 e. The second-order valence-electron chi connectivity index (χ2n) is 6.82. The van der Waals surface area contributed by atoms with E-state index in [0.717, 1.165) is 28.0 Å². The van der Waals surface area contributed by atoms with Crippen molar-refractivity contribution in [3.05, 3.63) is 90.5 Å². The summed E-state index contributed by atoms with van der Waals surface area (Å²) in [5.41, 5.74) is 3.45. The van der Waals surface area contributed by atoms with Crippen molar-refractivity contribution < 1.29 is 23.7 Å². The normalized spacial score (nSPS) is 10.2. The third-order valence-electron chi connectivity index (χ3n) is 4.72.